The molecule has 0 saturated heterocycles. The lowest BCUT2D eigenvalue weighted by molar-refractivity contribution is -0.162. The molecule has 0 bridgehead atoms. The van der Waals surface area contributed by atoms with Crippen molar-refractivity contribution >= 4 is 11.9 Å². The van der Waals surface area contributed by atoms with Gasteiger partial charge in [-0.1, -0.05) is 6.42 Å². The summed E-state index contributed by atoms with van der Waals surface area (Å²) < 4.78 is 1.64. The maximum Gasteiger partial charge on any atom is 0.319 e. The summed E-state index contributed by atoms with van der Waals surface area (Å²) in [7, 11) is 1.79. The van der Waals surface area contributed by atoms with Crippen LogP contribution < -0.4 is 5.32 Å². The van der Waals surface area contributed by atoms with E-state index < -0.39 is 17.3 Å². The van der Waals surface area contributed by atoms with Crippen LogP contribution in [0.3, 0.4) is 0 Å². The van der Waals surface area contributed by atoms with Gasteiger partial charge in [0.15, 0.2) is 0 Å². The van der Waals surface area contributed by atoms with Crippen LogP contribution in [0.1, 0.15) is 25.0 Å². The van der Waals surface area contributed by atoms with Gasteiger partial charge in [-0.2, -0.15) is 5.10 Å². The van der Waals surface area contributed by atoms with E-state index in [9.17, 15) is 9.59 Å². The van der Waals surface area contributed by atoms with Crippen molar-refractivity contribution in [3.8, 4) is 0 Å². The van der Waals surface area contributed by atoms with Crippen LogP contribution in [0.25, 0.3) is 0 Å². The van der Waals surface area contributed by atoms with Crippen molar-refractivity contribution in [1.29, 1.82) is 0 Å². The number of hydrogen-bond acceptors (Lipinski definition) is 3. The van der Waals surface area contributed by atoms with Crippen LogP contribution in [0.5, 0.6) is 0 Å². The number of carboxylic acid groups (broad SMARTS) is 1. The third-order valence-corrected chi connectivity index (χ3v) is 3.25. The second-order valence-corrected chi connectivity index (χ2v) is 4.40. The largest absolute Gasteiger partial charge is 0.480 e. The lowest BCUT2D eigenvalue weighted by Crippen LogP contribution is -2.50. The second kappa shape index (κ2) is 4.20. The number of nitrogens with zero attached hydrogens (tertiary/aromatic N) is 2. The summed E-state index contributed by atoms with van der Waals surface area (Å²) in [6.45, 7) is 0.273. The molecule has 1 aliphatic carbocycles. The number of amides is 1. The average Bonchev–Trinajstić information content (AvgIpc) is 2.59. The molecule has 1 amide bonds. The maximum atomic E-state index is 11.8. The Morgan fingerprint density at radius 1 is 1.59 bits per heavy atom. The van der Waals surface area contributed by atoms with Crippen molar-refractivity contribution in [3.63, 3.8) is 0 Å². The third kappa shape index (κ3) is 2.02. The summed E-state index contributed by atoms with van der Waals surface area (Å²) in [4.78, 5) is 22.9. The predicted octanol–water partition coefficient (Wildman–Crippen LogP) is 0.291. The van der Waals surface area contributed by atoms with E-state index in [4.69, 9.17) is 5.11 Å². The van der Waals surface area contributed by atoms with Crippen molar-refractivity contribution in [2.24, 2.45) is 12.5 Å². The van der Waals surface area contributed by atoms with Gasteiger partial charge in [-0.05, 0) is 18.9 Å². The molecule has 92 valence electrons. The Hall–Kier alpha value is -1.85. The molecule has 0 unspecified atom stereocenters. The summed E-state index contributed by atoms with van der Waals surface area (Å²) in [5.74, 6) is -1.43. The van der Waals surface area contributed by atoms with Gasteiger partial charge in [-0.25, -0.2) is 0 Å². The highest BCUT2D eigenvalue weighted by molar-refractivity contribution is 6.02. The van der Waals surface area contributed by atoms with Gasteiger partial charge in [0.2, 0.25) is 5.91 Å². The van der Waals surface area contributed by atoms with Gasteiger partial charge in [0.25, 0.3) is 0 Å². The molecule has 17 heavy (non-hydrogen) atoms. The molecule has 0 spiro atoms. The van der Waals surface area contributed by atoms with Gasteiger partial charge in [0.05, 0.1) is 12.2 Å². The highest BCUT2D eigenvalue weighted by Crippen LogP contribution is 2.41. The van der Waals surface area contributed by atoms with Gasteiger partial charge < -0.3 is 10.4 Å². The van der Waals surface area contributed by atoms with Crippen LogP contribution in [-0.4, -0.2) is 26.8 Å². The minimum absolute atomic E-state index is 0.273. The maximum absolute atomic E-state index is 11.8. The van der Waals surface area contributed by atoms with Crippen LogP contribution in [-0.2, 0) is 23.2 Å². The summed E-state index contributed by atoms with van der Waals surface area (Å²) in [5, 5.41) is 15.8. The van der Waals surface area contributed by atoms with Crippen molar-refractivity contribution < 1.29 is 14.7 Å². The van der Waals surface area contributed by atoms with E-state index in [1.54, 1.807) is 24.0 Å². The fraction of sp³-hybridized carbons (Fsp3) is 0.545. The van der Waals surface area contributed by atoms with Crippen LogP contribution in [0.4, 0.5) is 0 Å². The molecule has 1 saturated carbocycles. The molecule has 2 N–H and O–H groups in total. The number of carbonyl (C=O) groups is 2. The predicted molar refractivity (Wildman–Crippen MR) is 59.0 cm³/mol. The lowest BCUT2D eigenvalue weighted by atomic mass is 9.68. The fourth-order valence-corrected chi connectivity index (χ4v) is 1.97. The molecule has 1 heterocycles. The Morgan fingerprint density at radius 2 is 2.29 bits per heavy atom. The first-order valence-electron chi connectivity index (χ1n) is 5.55. The zero-order chi connectivity index (χ0) is 12.5. The normalized spacial score (nSPS) is 17.2. The molecular formula is C11H15N3O3. The minimum atomic E-state index is -1.20. The lowest BCUT2D eigenvalue weighted by Gasteiger charge is -2.35. The number of aromatic nitrogens is 2. The first kappa shape index (κ1) is 11.6. The van der Waals surface area contributed by atoms with Crippen LogP contribution >= 0.6 is 0 Å². The number of nitrogens with one attached hydrogen (secondary N) is 1. The molecule has 0 aromatic carbocycles. The Morgan fingerprint density at radius 3 is 2.71 bits per heavy atom. The molecular weight excluding hydrogens is 222 g/mol. The highest BCUT2D eigenvalue weighted by Gasteiger charge is 2.51. The Bertz CT molecular complexity index is 449. The molecule has 0 atom stereocenters. The summed E-state index contributed by atoms with van der Waals surface area (Å²) in [6.07, 6.45) is 3.42. The zero-order valence-electron chi connectivity index (χ0n) is 9.64. The number of carboxylic acids is 1. The summed E-state index contributed by atoms with van der Waals surface area (Å²) >= 11 is 0. The topological polar surface area (TPSA) is 84.2 Å². The Kier molecular flexibility index (Phi) is 2.87. The average molecular weight is 237 g/mol. The first-order chi connectivity index (χ1) is 8.04. The van der Waals surface area contributed by atoms with Crippen molar-refractivity contribution in [3.05, 3.63) is 18.0 Å². The van der Waals surface area contributed by atoms with Crippen molar-refractivity contribution in [2.75, 3.05) is 0 Å². The van der Waals surface area contributed by atoms with Crippen LogP contribution in [0.15, 0.2) is 12.3 Å². The third-order valence-electron chi connectivity index (χ3n) is 3.25. The first-order valence-corrected chi connectivity index (χ1v) is 5.55. The van der Waals surface area contributed by atoms with E-state index in [1.807, 2.05) is 0 Å². The number of rotatable bonds is 4. The fourth-order valence-electron chi connectivity index (χ4n) is 1.97. The summed E-state index contributed by atoms with van der Waals surface area (Å²) in [6, 6.07) is 1.79. The summed E-state index contributed by atoms with van der Waals surface area (Å²) in [5.41, 5.74) is -0.477. The molecule has 1 fully saturated rings. The molecule has 6 heteroatoms. The quantitative estimate of drug-likeness (QED) is 0.737. The zero-order valence-corrected chi connectivity index (χ0v) is 9.64. The molecule has 6 nitrogen and oxygen atoms in total. The van der Waals surface area contributed by atoms with E-state index >= 15 is 0 Å². The second-order valence-electron chi connectivity index (χ2n) is 4.40. The van der Waals surface area contributed by atoms with E-state index in [-0.39, 0.29) is 6.54 Å². The minimum Gasteiger partial charge on any atom is -0.480 e. The van der Waals surface area contributed by atoms with E-state index in [1.165, 1.54) is 0 Å². The van der Waals surface area contributed by atoms with Crippen LogP contribution in [0, 0.1) is 5.41 Å². The SMILES string of the molecule is Cn1ccc(CNC(=O)C2(C(=O)O)CCC2)n1. The number of aryl methyl sites for hydroxylation is 1. The van der Waals surface area contributed by atoms with Gasteiger partial charge in [0, 0.05) is 13.2 Å². The van der Waals surface area contributed by atoms with Gasteiger partial charge in [-0.3, -0.25) is 14.3 Å². The number of hydrogen-bond donors (Lipinski definition) is 2. The van der Waals surface area contributed by atoms with E-state index in [0.717, 1.165) is 12.1 Å². The molecule has 0 radical (unpaired) electrons. The Labute approximate surface area is 98.6 Å². The van der Waals surface area contributed by atoms with E-state index in [0.29, 0.717) is 12.8 Å². The molecule has 1 aliphatic rings. The van der Waals surface area contributed by atoms with Crippen molar-refractivity contribution in [2.45, 2.75) is 25.8 Å². The smallest absolute Gasteiger partial charge is 0.319 e. The van der Waals surface area contributed by atoms with E-state index in [2.05, 4.69) is 10.4 Å². The van der Waals surface area contributed by atoms with Gasteiger partial charge in [-0.15, -0.1) is 0 Å². The van der Waals surface area contributed by atoms with Crippen molar-refractivity contribution in [1.82, 2.24) is 15.1 Å². The highest BCUT2D eigenvalue weighted by atomic mass is 16.4. The molecule has 1 aromatic heterocycles. The molecule has 0 aliphatic heterocycles. The molecule has 1 aromatic rings. The van der Waals surface area contributed by atoms with Crippen LogP contribution in [0.2, 0.25) is 0 Å². The Balaban J connectivity index is 1.95. The number of carbonyl (C=O) groups excluding carboxylic acids is 1. The monoisotopic (exact) mass is 237 g/mol. The standard InChI is InChI=1S/C11H15N3O3/c1-14-6-3-8(13-14)7-12-9(15)11(10(16)17)4-2-5-11/h3,6H,2,4-5,7H2,1H3,(H,12,15)(H,16,17). The van der Waals surface area contributed by atoms with Gasteiger partial charge >= 0.3 is 5.97 Å². The molecule has 2 rings (SSSR count). The number of aliphatic carboxylic acids is 1. The van der Waals surface area contributed by atoms with Gasteiger partial charge in [0.1, 0.15) is 5.41 Å².